The van der Waals surface area contributed by atoms with Crippen molar-refractivity contribution in [3.63, 3.8) is 0 Å². The molecule has 18 heavy (non-hydrogen) atoms. The molecule has 1 aromatic rings. The van der Waals surface area contributed by atoms with Gasteiger partial charge in [0.15, 0.2) is 0 Å². The average molecular weight is 266 g/mol. The van der Waals surface area contributed by atoms with E-state index in [1.54, 1.807) is 0 Å². The molecule has 0 heterocycles. The van der Waals surface area contributed by atoms with Crippen LogP contribution in [0.2, 0.25) is 5.02 Å². The van der Waals surface area contributed by atoms with Gasteiger partial charge in [0, 0.05) is 11.1 Å². The number of benzene rings is 1. The molecule has 0 amide bonds. The third-order valence-electron chi connectivity index (χ3n) is 4.32. The van der Waals surface area contributed by atoms with Crippen LogP contribution in [0.25, 0.3) is 0 Å². The zero-order valence-electron chi connectivity index (χ0n) is 11.5. The molecule has 1 aliphatic carbocycles. The molecule has 0 bridgehead atoms. The van der Waals surface area contributed by atoms with Crippen LogP contribution in [0.4, 0.5) is 0 Å². The van der Waals surface area contributed by atoms with Crippen molar-refractivity contribution in [1.29, 1.82) is 0 Å². The Balaban J connectivity index is 1.93. The molecule has 2 heteroatoms. The van der Waals surface area contributed by atoms with Gasteiger partial charge in [-0.25, -0.2) is 0 Å². The van der Waals surface area contributed by atoms with Crippen LogP contribution in [-0.4, -0.2) is 12.6 Å². The third kappa shape index (κ3) is 3.27. The van der Waals surface area contributed by atoms with Crippen molar-refractivity contribution in [2.45, 2.75) is 45.6 Å². The summed E-state index contributed by atoms with van der Waals surface area (Å²) in [4.78, 5) is 0. The predicted molar refractivity (Wildman–Crippen MR) is 79.1 cm³/mol. The summed E-state index contributed by atoms with van der Waals surface area (Å²) in [7, 11) is 0. The molecule has 0 aliphatic heterocycles. The van der Waals surface area contributed by atoms with Crippen molar-refractivity contribution in [3.8, 4) is 0 Å². The molecule has 2 rings (SSSR count). The second kappa shape index (κ2) is 6.58. The topological polar surface area (TPSA) is 12.0 Å². The molecule has 0 aromatic heterocycles. The van der Waals surface area contributed by atoms with E-state index in [2.05, 4.69) is 31.3 Å². The van der Waals surface area contributed by atoms with Gasteiger partial charge in [0.1, 0.15) is 0 Å². The summed E-state index contributed by atoms with van der Waals surface area (Å²) < 4.78 is 0. The smallest absolute Gasteiger partial charge is 0.0438 e. The molecule has 0 radical (unpaired) electrons. The van der Waals surface area contributed by atoms with Gasteiger partial charge in [-0.1, -0.05) is 43.6 Å². The van der Waals surface area contributed by atoms with Crippen LogP contribution in [0.1, 0.15) is 38.7 Å². The van der Waals surface area contributed by atoms with Crippen LogP contribution < -0.4 is 5.32 Å². The molecule has 0 spiro atoms. The molecular weight excluding hydrogens is 242 g/mol. The van der Waals surface area contributed by atoms with Crippen molar-refractivity contribution in [2.24, 2.45) is 11.8 Å². The van der Waals surface area contributed by atoms with Crippen LogP contribution in [0, 0.1) is 11.8 Å². The lowest BCUT2D eigenvalue weighted by atomic mass is 9.89. The summed E-state index contributed by atoms with van der Waals surface area (Å²) >= 11 is 6.25. The zero-order chi connectivity index (χ0) is 13.0. The molecular formula is C16H24ClN. The van der Waals surface area contributed by atoms with Gasteiger partial charge in [-0.05, 0) is 55.7 Å². The Bertz CT molecular complexity index is 377. The maximum atomic E-state index is 6.25. The van der Waals surface area contributed by atoms with E-state index in [0.29, 0.717) is 6.04 Å². The number of nitrogens with one attached hydrogen (secondary N) is 1. The van der Waals surface area contributed by atoms with Crippen LogP contribution in [0.3, 0.4) is 0 Å². The second-order valence-electron chi connectivity index (χ2n) is 5.55. The Morgan fingerprint density at radius 3 is 2.78 bits per heavy atom. The summed E-state index contributed by atoms with van der Waals surface area (Å²) in [6.45, 7) is 5.77. The van der Waals surface area contributed by atoms with E-state index in [1.807, 2.05) is 12.1 Å². The first-order chi connectivity index (χ1) is 8.72. The van der Waals surface area contributed by atoms with E-state index in [9.17, 15) is 0 Å². The number of rotatable bonds is 5. The lowest BCUT2D eigenvalue weighted by Gasteiger charge is -2.22. The van der Waals surface area contributed by atoms with Crippen LogP contribution in [-0.2, 0) is 6.42 Å². The van der Waals surface area contributed by atoms with Crippen LogP contribution >= 0.6 is 11.6 Å². The fraction of sp³-hybridized carbons (Fsp3) is 0.625. The Kier molecular flexibility index (Phi) is 5.08. The van der Waals surface area contributed by atoms with Gasteiger partial charge in [-0.15, -0.1) is 0 Å². The van der Waals surface area contributed by atoms with Crippen molar-refractivity contribution >= 4 is 11.6 Å². The highest BCUT2D eigenvalue weighted by Crippen LogP contribution is 2.35. The first kappa shape index (κ1) is 13.9. The normalized spacial score (nSPS) is 27.6. The van der Waals surface area contributed by atoms with Crippen molar-refractivity contribution in [3.05, 3.63) is 34.9 Å². The number of hydrogen-bond donors (Lipinski definition) is 1. The maximum absolute atomic E-state index is 6.25. The Morgan fingerprint density at radius 2 is 2.06 bits per heavy atom. The Morgan fingerprint density at radius 1 is 1.28 bits per heavy atom. The third-order valence-corrected chi connectivity index (χ3v) is 4.69. The zero-order valence-corrected chi connectivity index (χ0v) is 12.2. The molecule has 3 unspecified atom stereocenters. The highest BCUT2D eigenvalue weighted by atomic mass is 35.5. The first-order valence-electron chi connectivity index (χ1n) is 7.19. The van der Waals surface area contributed by atoms with E-state index < -0.39 is 0 Å². The van der Waals surface area contributed by atoms with E-state index in [4.69, 9.17) is 11.6 Å². The molecule has 1 aliphatic rings. The van der Waals surface area contributed by atoms with E-state index >= 15 is 0 Å². The van der Waals surface area contributed by atoms with E-state index in [-0.39, 0.29) is 0 Å². The minimum Gasteiger partial charge on any atom is -0.314 e. The Hall–Kier alpha value is -0.530. The molecule has 1 aromatic carbocycles. The van der Waals surface area contributed by atoms with Gasteiger partial charge >= 0.3 is 0 Å². The second-order valence-corrected chi connectivity index (χ2v) is 5.96. The fourth-order valence-electron chi connectivity index (χ4n) is 3.10. The maximum Gasteiger partial charge on any atom is 0.0438 e. The standard InChI is InChI=1S/C16H24ClN/c1-3-10-18-16-9-8-13(12(16)2)11-14-6-4-5-7-15(14)17/h4-7,12-13,16,18H,3,8-11H2,1-2H3. The summed E-state index contributed by atoms with van der Waals surface area (Å²) in [6.07, 6.45) is 4.99. The minimum atomic E-state index is 0.706. The fourth-order valence-corrected chi connectivity index (χ4v) is 3.31. The SMILES string of the molecule is CCCNC1CCC(Cc2ccccc2Cl)C1C. The van der Waals surface area contributed by atoms with Gasteiger partial charge in [0.25, 0.3) is 0 Å². The van der Waals surface area contributed by atoms with Crippen molar-refractivity contribution in [1.82, 2.24) is 5.32 Å². The summed E-state index contributed by atoms with van der Waals surface area (Å²) in [5.41, 5.74) is 1.31. The number of halogens is 1. The molecule has 1 N–H and O–H groups in total. The summed E-state index contributed by atoms with van der Waals surface area (Å²) in [5.74, 6) is 1.53. The van der Waals surface area contributed by atoms with E-state index in [1.165, 1.54) is 24.8 Å². The van der Waals surface area contributed by atoms with E-state index in [0.717, 1.165) is 29.8 Å². The number of hydrogen-bond acceptors (Lipinski definition) is 1. The largest absolute Gasteiger partial charge is 0.314 e. The molecule has 1 nitrogen and oxygen atoms in total. The van der Waals surface area contributed by atoms with Crippen molar-refractivity contribution < 1.29 is 0 Å². The predicted octanol–water partition coefficient (Wildman–Crippen LogP) is 4.30. The molecule has 3 atom stereocenters. The molecule has 0 saturated heterocycles. The molecule has 1 fully saturated rings. The first-order valence-corrected chi connectivity index (χ1v) is 7.57. The van der Waals surface area contributed by atoms with Gasteiger partial charge in [-0.3, -0.25) is 0 Å². The highest BCUT2D eigenvalue weighted by molar-refractivity contribution is 6.31. The summed E-state index contributed by atoms with van der Waals surface area (Å²) in [6, 6.07) is 8.98. The monoisotopic (exact) mass is 265 g/mol. The minimum absolute atomic E-state index is 0.706. The van der Waals surface area contributed by atoms with Gasteiger partial charge in [-0.2, -0.15) is 0 Å². The van der Waals surface area contributed by atoms with Crippen LogP contribution in [0.5, 0.6) is 0 Å². The summed E-state index contributed by atoms with van der Waals surface area (Å²) in [5, 5.41) is 4.60. The quantitative estimate of drug-likeness (QED) is 0.837. The average Bonchev–Trinajstić information content (AvgIpc) is 2.71. The molecule has 1 saturated carbocycles. The van der Waals surface area contributed by atoms with Gasteiger partial charge in [0.05, 0.1) is 0 Å². The van der Waals surface area contributed by atoms with Gasteiger partial charge < -0.3 is 5.32 Å². The highest BCUT2D eigenvalue weighted by Gasteiger charge is 2.32. The van der Waals surface area contributed by atoms with Crippen molar-refractivity contribution in [2.75, 3.05) is 6.54 Å². The van der Waals surface area contributed by atoms with Gasteiger partial charge in [0.2, 0.25) is 0 Å². The lowest BCUT2D eigenvalue weighted by molar-refractivity contribution is 0.351. The molecule has 100 valence electrons. The Labute approximate surface area is 116 Å². The van der Waals surface area contributed by atoms with Crippen LogP contribution in [0.15, 0.2) is 24.3 Å². The lowest BCUT2D eigenvalue weighted by Crippen LogP contribution is -2.33.